The van der Waals surface area contributed by atoms with Crippen LogP contribution in [0.5, 0.6) is 0 Å². The van der Waals surface area contributed by atoms with Crippen molar-refractivity contribution in [2.75, 3.05) is 0 Å². The molecule has 0 aromatic carbocycles. The Hall–Kier alpha value is -1.93. The van der Waals surface area contributed by atoms with Gasteiger partial charge < -0.3 is 11.2 Å². The van der Waals surface area contributed by atoms with Gasteiger partial charge in [-0.25, -0.2) is 4.79 Å². The highest BCUT2D eigenvalue weighted by Crippen LogP contribution is 2.08. The predicted octanol–water partition coefficient (Wildman–Crippen LogP) is -2.52. The Morgan fingerprint density at radius 3 is 2.46 bits per heavy atom. The SMILES string of the molecule is N=C1N=C(N)N(O)C(=C=O)N1O.O. The Labute approximate surface area is 71.7 Å². The third-order valence-corrected chi connectivity index (χ3v) is 1.13. The molecule has 1 aliphatic heterocycles. The summed E-state index contributed by atoms with van der Waals surface area (Å²) in [5, 5.41) is 24.9. The molecule has 13 heavy (non-hydrogen) atoms. The van der Waals surface area contributed by atoms with Crippen LogP contribution in [0.25, 0.3) is 0 Å². The van der Waals surface area contributed by atoms with Crippen LogP contribution in [0.2, 0.25) is 0 Å². The fourth-order valence-corrected chi connectivity index (χ4v) is 0.588. The van der Waals surface area contributed by atoms with Crippen molar-refractivity contribution in [1.29, 1.82) is 5.41 Å². The van der Waals surface area contributed by atoms with Crippen LogP contribution in [-0.2, 0) is 4.79 Å². The first-order chi connectivity index (χ1) is 5.57. The first kappa shape index (κ1) is 11.1. The van der Waals surface area contributed by atoms with E-state index >= 15 is 0 Å². The molecule has 1 aliphatic rings. The van der Waals surface area contributed by atoms with Crippen molar-refractivity contribution in [3.8, 4) is 0 Å². The highest BCUT2D eigenvalue weighted by Gasteiger charge is 2.27. The molecule has 0 aromatic heterocycles. The Balaban J connectivity index is 0.00000144. The number of hydrogen-bond acceptors (Lipinski definition) is 6. The molecular weight excluding hydrogens is 182 g/mol. The zero-order chi connectivity index (χ0) is 9.30. The van der Waals surface area contributed by atoms with Crippen LogP contribution in [-0.4, -0.2) is 43.9 Å². The third-order valence-electron chi connectivity index (χ3n) is 1.13. The van der Waals surface area contributed by atoms with E-state index < -0.39 is 17.7 Å². The lowest BCUT2D eigenvalue weighted by atomic mass is 10.6. The number of nitrogens with two attached hydrogens (primary N) is 1. The molecule has 0 saturated heterocycles. The number of hydrogen-bond donors (Lipinski definition) is 4. The van der Waals surface area contributed by atoms with Crippen molar-refractivity contribution < 1.29 is 20.7 Å². The summed E-state index contributed by atoms with van der Waals surface area (Å²) in [4.78, 5) is 13.3. The van der Waals surface area contributed by atoms with Gasteiger partial charge in [0.15, 0.2) is 5.94 Å². The Kier molecular flexibility index (Phi) is 3.11. The second kappa shape index (κ2) is 3.65. The van der Waals surface area contributed by atoms with Crippen molar-refractivity contribution >= 4 is 17.9 Å². The van der Waals surface area contributed by atoms with E-state index in [4.69, 9.17) is 21.6 Å². The van der Waals surface area contributed by atoms with Gasteiger partial charge in [0.25, 0.3) is 11.8 Å². The van der Waals surface area contributed by atoms with Crippen molar-refractivity contribution in [3.63, 3.8) is 0 Å². The van der Waals surface area contributed by atoms with Gasteiger partial charge in [-0.2, -0.15) is 15.1 Å². The van der Waals surface area contributed by atoms with Gasteiger partial charge in [-0.05, 0) is 0 Å². The predicted molar refractivity (Wildman–Crippen MR) is 39.4 cm³/mol. The first-order valence-electron chi connectivity index (χ1n) is 2.73. The van der Waals surface area contributed by atoms with Crippen LogP contribution in [0.4, 0.5) is 0 Å². The second-order valence-corrected chi connectivity index (χ2v) is 1.84. The minimum Gasteiger partial charge on any atom is -0.412 e. The average molecular weight is 189 g/mol. The van der Waals surface area contributed by atoms with Gasteiger partial charge >= 0.3 is 0 Å². The fourth-order valence-electron chi connectivity index (χ4n) is 0.588. The highest BCUT2D eigenvalue weighted by molar-refractivity contribution is 5.97. The topological polar surface area (TPSA) is 158 Å². The molecule has 1 heterocycles. The van der Waals surface area contributed by atoms with Crippen molar-refractivity contribution in [2.45, 2.75) is 0 Å². The molecule has 0 saturated carbocycles. The minimum absolute atomic E-state index is 0. The summed E-state index contributed by atoms with van der Waals surface area (Å²) >= 11 is 0. The monoisotopic (exact) mass is 189 g/mol. The normalized spacial score (nSPS) is 16.3. The van der Waals surface area contributed by atoms with Gasteiger partial charge in [0.1, 0.15) is 0 Å². The molecule has 0 atom stereocenters. The van der Waals surface area contributed by atoms with E-state index in [1.54, 1.807) is 0 Å². The molecule has 9 heteroatoms. The molecule has 0 aliphatic carbocycles. The molecule has 1 rings (SSSR count). The molecule has 0 bridgehead atoms. The largest absolute Gasteiger partial charge is 0.412 e. The lowest BCUT2D eigenvalue weighted by Crippen LogP contribution is -2.47. The molecule has 0 unspecified atom stereocenters. The Morgan fingerprint density at radius 1 is 1.46 bits per heavy atom. The zero-order valence-corrected chi connectivity index (χ0v) is 6.22. The maximum atomic E-state index is 10.1. The summed E-state index contributed by atoms with van der Waals surface area (Å²) in [6.45, 7) is 0. The molecule has 0 aromatic rings. The van der Waals surface area contributed by atoms with Crippen LogP contribution in [0.15, 0.2) is 10.8 Å². The van der Waals surface area contributed by atoms with E-state index in [0.717, 1.165) is 0 Å². The lowest BCUT2D eigenvalue weighted by molar-refractivity contribution is -0.0803. The van der Waals surface area contributed by atoms with Gasteiger partial charge in [-0.15, -0.1) is 0 Å². The first-order valence-corrected chi connectivity index (χ1v) is 2.73. The molecule has 0 amide bonds. The molecule has 0 fully saturated rings. The standard InChI is InChI=1S/C4H5N5O3.H2O/c5-3-7-4(6)9(12)2(1-10)8(3)11;/h11-12H,(H3,5,6,7);1H2. The van der Waals surface area contributed by atoms with Crippen LogP contribution in [0, 0.1) is 5.41 Å². The van der Waals surface area contributed by atoms with E-state index in [-0.39, 0.29) is 15.6 Å². The number of aliphatic imine (C=N–C) groups is 1. The summed E-state index contributed by atoms with van der Waals surface area (Å²) in [5.74, 6) is -0.673. The van der Waals surface area contributed by atoms with Gasteiger partial charge in [-0.1, -0.05) is 0 Å². The summed E-state index contributed by atoms with van der Waals surface area (Å²) in [7, 11) is 0. The number of nitrogens with zero attached hydrogens (tertiary/aromatic N) is 3. The molecule has 9 nitrogen and oxygen atoms in total. The van der Waals surface area contributed by atoms with E-state index in [9.17, 15) is 4.79 Å². The molecule has 72 valence electrons. The van der Waals surface area contributed by atoms with Crippen molar-refractivity contribution in [1.82, 2.24) is 10.1 Å². The van der Waals surface area contributed by atoms with E-state index in [1.807, 2.05) is 0 Å². The van der Waals surface area contributed by atoms with Gasteiger partial charge in [0.05, 0.1) is 0 Å². The Morgan fingerprint density at radius 2 is 2.00 bits per heavy atom. The smallest absolute Gasteiger partial charge is 0.254 e. The lowest BCUT2D eigenvalue weighted by Gasteiger charge is -2.25. The van der Waals surface area contributed by atoms with Crippen molar-refractivity contribution in [2.24, 2.45) is 10.7 Å². The van der Waals surface area contributed by atoms with Crippen LogP contribution in [0.3, 0.4) is 0 Å². The average Bonchev–Trinajstić information content (AvgIpc) is 2.02. The summed E-state index contributed by atoms with van der Waals surface area (Å²) in [5.41, 5.74) is 5.04. The van der Waals surface area contributed by atoms with Crippen LogP contribution < -0.4 is 5.73 Å². The van der Waals surface area contributed by atoms with Crippen LogP contribution >= 0.6 is 0 Å². The summed E-state index contributed by atoms with van der Waals surface area (Å²) < 4.78 is 0. The quantitative estimate of drug-likeness (QED) is 0.308. The minimum atomic E-state index is -0.701. The second-order valence-electron chi connectivity index (χ2n) is 1.84. The number of rotatable bonds is 0. The molecule has 0 radical (unpaired) electrons. The molecule has 0 spiro atoms. The number of hydroxylamine groups is 4. The van der Waals surface area contributed by atoms with Crippen LogP contribution in [0.1, 0.15) is 0 Å². The summed E-state index contributed by atoms with van der Waals surface area (Å²) in [6, 6.07) is 0. The van der Waals surface area contributed by atoms with Gasteiger partial charge in [-0.3, -0.25) is 15.8 Å². The molecule has 7 N–H and O–H groups in total. The molecular formula is C4H7N5O4. The number of carbonyl (C=O) groups excluding carboxylic acids is 1. The highest BCUT2D eigenvalue weighted by atomic mass is 16.6. The van der Waals surface area contributed by atoms with Gasteiger partial charge in [0.2, 0.25) is 5.96 Å². The third kappa shape index (κ3) is 1.63. The van der Waals surface area contributed by atoms with E-state index in [1.165, 1.54) is 5.94 Å². The Bertz CT molecular complexity index is 306. The van der Waals surface area contributed by atoms with E-state index in [2.05, 4.69) is 4.99 Å². The van der Waals surface area contributed by atoms with E-state index in [0.29, 0.717) is 0 Å². The summed E-state index contributed by atoms with van der Waals surface area (Å²) in [6.07, 6.45) is 0. The number of nitrogens with one attached hydrogen (secondary N) is 1. The maximum absolute atomic E-state index is 10.1. The van der Waals surface area contributed by atoms with Crippen molar-refractivity contribution in [3.05, 3.63) is 5.82 Å². The number of guanidine groups is 2. The zero-order valence-electron chi connectivity index (χ0n) is 6.22. The maximum Gasteiger partial charge on any atom is 0.254 e. The van der Waals surface area contributed by atoms with Gasteiger partial charge in [0, 0.05) is 0 Å². The fraction of sp³-hybridized carbons (Fsp3) is 0.